The number of nitrogens with zero attached hydrogens (tertiary/aromatic N) is 4. The minimum absolute atomic E-state index is 0. The summed E-state index contributed by atoms with van der Waals surface area (Å²) >= 11 is 1.78. The van der Waals surface area contributed by atoms with Crippen LogP contribution in [0.4, 0.5) is 5.13 Å². The molecule has 0 radical (unpaired) electrons. The van der Waals surface area contributed by atoms with E-state index in [9.17, 15) is 0 Å². The number of halogens is 1. The van der Waals surface area contributed by atoms with E-state index in [0.29, 0.717) is 0 Å². The Morgan fingerprint density at radius 1 is 1.10 bits per heavy atom. The Labute approximate surface area is 208 Å². The van der Waals surface area contributed by atoms with Crippen molar-refractivity contribution < 1.29 is 4.74 Å². The first-order chi connectivity index (χ1) is 14.8. The maximum atomic E-state index is 5.61. The largest absolute Gasteiger partial charge is 0.379 e. The number of morpholine rings is 1. The molecule has 3 aliphatic rings. The highest BCUT2D eigenvalue weighted by Gasteiger charge is 2.38. The Kier molecular flexibility index (Phi) is 10.1. The van der Waals surface area contributed by atoms with Gasteiger partial charge in [-0.1, -0.05) is 19.3 Å². The van der Waals surface area contributed by atoms with Crippen LogP contribution >= 0.6 is 35.3 Å². The monoisotopic (exact) mass is 562 g/mol. The van der Waals surface area contributed by atoms with Gasteiger partial charge in [0.2, 0.25) is 0 Å². The van der Waals surface area contributed by atoms with Crippen LogP contribution < -0.4 is 15.5 Å². The fourth-order valence-electron chi connectivity index (χ4n) is 5.09. The van der Waals surface area contributed by atoms with E-state index in [-0.39, 0.29) is 29.5 Å². The molecule has 3 fully saturated rings. The molecule has 4 rings (SSSR count). The van der Waals surface area contributed by atoms with Crippen molar-refractivity contribution in [2.75, 3.05) is 64.4 Å². The zero-order valence-electron chi connectivity index (χ0n) is 18.9. The molecule has 0 amide bonds. The molecular weight excluding hydrogens is 523 g/mol. The van der Waals surface area contributed by atoms with Crippen molar-refractivity contribution >= 4 is 46.4 Å². The number of hydrogen-bond donors (Lipinski definition) is 2. The van der Waals surface area contributed by atoms with Gasteiger partial charge in [0.05, 0.1) is 18.9 Å². The normalized spacial score (nSPS) is 22.2. The average molecular weight is 563 g/mol. The van der Waals surface area contributed by atoms with E-state index in [1.165, 1.54) is 55.8 Å². The van der Waals surface area contributed by atoms with E-state index in [1.807, 2.05) is 7.05 Å². The molecule has 3 heterocycles. The first-order valence-corrected chi connectivity index (χ1v) is 12.6. The first-order valence-electron chi connectivity index (χ1n) is 11.8. The Bertz CT molecular complexity index is 681. The summed E-state index contributed by atoms with van der Waals surface area (Å²) in [5, 5.41) is 10.5. The van der Waals surface area contributed by atoms with Crippen molar-refractivity contribution in [2.45, 2.75) is 56.9 Å². The van der Waals surface area contributed by atoms with Gasteiger partial charge in [-0.3, -0.25) is 9.89 Å². The Balaban J connectivity index is 0.00000272. The topological polar surface area (TPSA) is 65.0 Å². The molecule has 176 valence electrons. The third kappa shape index (κ3) is 6.68. The highest BCUT2D eigenvalue weighted by Crippen LogP contribution is 2.33. The second kappa shape index (κ2) is 12.6. The number of nitrogens with one attached hydrogen (secondary N) is 2. The third-order valence-electron chi connectivity index (χ3n) is 6.86. The van der Waals surface area contributed by atoms with Crippen molar-refractivity contribution in [3.8, 4) is 0 Å². The third-order valence-corrected chi connectivity index (χ3v) is 7.81. The van der Waals surface area contributed by atoms with E-state index in [2.05, 4.69) is 30.8 Å². The van der Waals surface area contributed by atoms with Gasteiger partial charge < -0.3 is 20.3 Å². The van der Waals surface area contributed by atoms with Crippen LogP contribution in [0.5, 0.6) is 0 Å². The zero-order valence-corrected chi connectivity index (χ0v) is 22.1. The predicted octanol–water partition coefficient (Wildman–Crippen LogP) is 3.10. The van der Waals surface area contributed by atoms with Gasteiger partial charge in [-0.15, -0.1) is 35.3 Å². The van der Waals surface area contributed by atoms with Crippen LogP contribution in [0.1, 0.15) is 50.6 Å². The fraction of sp³-hybridized carbons (Fsp3) is 0.818. The van der Waals surface area contributed by atoms with Crippen LogP contribution in [-0.2, 0) is 11.2 Å². The Morgan fingerprint density at radius 3 is 2.55 bits per heavy atom. The lowest BCUT2D eigenvalue weighted by molar-refractivity contribution is -0.0352. The van der Waals surface area contributed by atoms with Crippen molar-refractivity contribution in [3.63, 3.8) is 0 Å². The van der Waals surface area contributed by atoms with Crippen molar-refractivity contribution in [3.05, 3.63) is 11.1 Å². The number of ether oxygens (including phenoxy) is 1. The van der Waals surface area contributed by atoms with Gasteiger partial charge in [0.25, 0.3) is 0 Å². The number of thiazole rings is 1. The number of rotatable bonds is 7. The highest BCUT2D eigenvalue weighted by molar-refractivity contribution is 14.0. The van der Waals surface area contributed by atoms with Gasteiger partial charge in [-0.05, 0) is 25.7 Å². The molecule has 1 saturated carbocycles. The molecule has 0 spiro atoms. The van der Waals surface area contributed by atoms with Gasteiger partial charge in [-0.2, -0.15) is 0 Å². The van der Waals surface area contributed by atoms with Crippen molar-refractivity contribution in [1.82, 2.24) is 20.5 Å². The summed E-state index contributed by atoms with van der Waals surface area (Å²) in [6, 6.07) is 0. The molecule has 0 atom stereocenters. The minimum Gasteiger partial charge on any atom is -0.379 e. The fourth-order valence-corrected chi connectivity index (χ4v) is 6.01. The van der Waals surface area contributed by atoms with E-state index in [0.717, 1.165) is 64.9 Å². The Morgan fingerprint density at radius 2 is 1.84 bits per heavy atom. The van der Waals surface area contributed by atoms with Crippen LogP contribution in [0.3, 0.4) is 0 Å². The summed E-state index contributed by atoms with van der Waals surface area (Å²) in [6.45, 7) is 7.96. The highest BCUT2D eigenvalue weighted by atomic mass is 127. The van der Waals surface area contributed by atoms with Crippen LogP contribution in [0.2, 0.25) is 0 Å². The molecule has 9 heteroatoms. The number of hydrogen-bond acceptors (Lipinski definition) is 6. The number of guanidine groups is 1. The molecule has 31 heavy (non-hydrogen) atoms. The lowest BCUT2D eigenvalue weighted by Gasteiger charge is -2.48. The second-order valence-corrected chi connectivity index (χ2v) is 9.64. The lowest BCUT2D eigenvalue weighted by atomic mass is 9.80. The van der Waals surface area contributed by atoms with Gasteiger partial charge in [-0.25, -0.2) is 4.98 Å². The summed E-state index contributed by atoms with van der Waals surface area (Å²) in [4.78, 5) is 14.4. The van der Waals surface area contributed by atoms with E-state index in [1.54, 1.807) is 11.3 Å². The first kappa shape index (κ1) is 25.0. The van der Waals surface area contributed by atoms with Crippen LogP contribution in [0.25, 0.3) is 0 Å². The number of aromatic nitrogens is 1. The molecule has 0 bridgehead atoms. The summed E-state index contributed by atoms with van der Waals surface area (Å²) in [5.74, 6) is 0.906. The molecule has 1 aliphatic carbocycles. The molecular formula is C22H39IN6OS. The van der Waals surface area contributed by atoms with Gasteiger partial charge >= 0.3 is 0 Å². The molecule has 2 aliphatic heterocycles. The summed E-state index contributed by atoms with van der Waals surface area (Å²) in [5.41, 5.74) is 1.43. The predicted molar refractivity (Wildman–Crippen MR) is 140 cm³/mol. The van der Waals surface area contributed by atoms with Crippen molar-refractivity contribution in [2.24, 2.45) is 4.99 Å². The van der Waals surface area contributed by atoms with Crippen LogP contribution in [0, 0.1) is 0 Å². The van der Waals surface area contributed by atoms with Crippen molar-refractivity contribution in [1.29, 1.82) is 0 Å². The molecule has 2 saturated heterocycles. The maximum absolute atomic E-state index is 5.61. The van der Waals surface area contributed by atoms with E-state index in [4.69, 9.17) is 9.72 Å². The van der Waals surface area contributed by atoms with E-state index < -0.39 is 0 Å². The molecule has 2 N–H and O–H groups in total. The smallest absolute Gasteiger partial charge is 0.191 e. The lowest BCUT2D eigenvalue weighted by Crippen LogP contribution is -2.60. The van der Waals surface area contributed by atoms with E-state index >= 15 is 0 Å². The molecule has 0 unspecified atom stereocenters. The van der Waals surface area contributed by atoms with Gasteiger partial charge in [0.15, 0.2) is 11.1 Å². The molecule has 1 aromatic rings. The SMILES string of the molecule is CN=C(NCCc1csc(N2CCCC2)n1)NCC1(N2CCOCC2)CCCCC1.I. The molecule has 0 aromatic carbocycles. The second-order valence-electron chi connectivity index (χ2n) is 8.80. The summed E-state index contributed by atoms with van der Waals surface area (Å²) < 4.78 is 5.61. The zero-order chi connectivity index (χ0) is 20.7. The minimum atomic E-state index is 0. The number of aliphatic imine (C=N–C) groups is 1. The van der Waals surface area contributed by atoms with Gasteiger partial charge in [0, 0.05) is 63.7 Å². The Hall–Kier alpha value is -0.650. The van der Waals surface area contributed by atoms with Crippen LogP contribution in [-0.4, -0.2) is 80.9 Å². The van der Waals surface area contributed by atoms with Gasteiger partial charge in [0.1, 0.15) is 0 Å². The quantitative estimate of drug-likeness (QED) is 0.303. The summed E-state index contributed by atoms with van der Waals surface area (Å²) in [6.07, 6.45) is 10.1. The average Bonchev–Trinajstić information content (AvgIpc) is 3.49. The molecule has 1 aromatic heterocycles. The maximum Gasteiger partial charge on any atom is 0.191 e. The number of anilines is 1. The standard InChI is InChI=1S/C22H38N6OS.HI/c1-23-20(24-10-7-19-17-30-21(26-19)27-11-5-6-12-27)25-18-22(8-3-2-4-9-22)28-13-15-29-16-14-28;/h17H,2-16,18H2,1H3,(H2,23,24,25);1H. The molecule has 7 nitrogen and oxygen atoms in total. The van der Waals surface area contributed by atoms with Crippen LogP contribution in [0.15, 0.2) is 10.4 Å². The summed E-state index contributed by atoms with van der Waals surface area (Å²) in [7, 11) is 1.87.